The van der Waals surface area contributed by atoms with Gasteiger partial charge in [0, 0.05) is 23.1 Å². The van der Waals surface area contributed by atoms with Gasteiger partial charge in [0.25, 0.3) is 0 Å². The van der Waals surface area contributed by atoms with Gasteiger partial charge in [-0.1, -0.05) is 15.9 Å². The average molecular weight is 298 g/mol. The van der Waals surface area contributed by atoms with Crippen molar-refractivity contribution in [2.75, 3.05) is 18.6 Å². The first kappa shape index (κ1) is 12.1. The van der Waals surface area contributed by atoms with Gasteiger partial charge in [-0.15, -0.1) is 0 Å². The van der Waals surface area contributed by atoms with Crippen molar-refractivity contribution in [3.63, 3.8) is 0 Å². The molecule has 1 aromatic carbocycles. The van der Waals surface area contributed by atoms with Crippen molar-refractivity contribution in [1.29, 1.82) is 0 Å². The van der Waals surface area contributed by atoms with E-state index in [1.165, 1.54) is 7.11 Å². The zero-order chi connectivity index (χ0) is 12.4. The molecule has 1 aliphatic heterocycles. The molecule has 0 aliphatic carbocycles. The smallest absolute Gasteiger partial charge is 0.311 e. The molecule has 0 aromatic heterocycles. The number of carbonyl (C=O) groups is 2. The minimum absolute atomic E-state index is 0.0391. The number of carbonyl (C=O) groups excluding carboxylic acids is 2. The Kier molecular flexibility index (Phi) is 3.47. The van der Waals surface area contributed by atoms with Crippen molar-refractivity contribution in [3.05, 3.63) is 28.7 Å². The summed E-state index contributed by atoms with van der Waals surface area (Å²) in [5.41, 5.74) is 0.810. The molecule has 2 rings (SSSR count). The summed E-state index contributed by atoms with van der Waals surface area (Å²) in [5, 5.41) is 0. The zero-order valence-corrected chi connectivity index (χ0v) is 10.9. The Balaban J connectivity index is 2.15. The summed E-state index contributed by atoms with van der Waals surface area (Å²) in [6, 6.07) is 7.44. The monoisotopic (exact) mass is 297 g/mol. The molecule has 17 heavy (non-hydrogen) atoms. The highest BCUT2D eigenvalue weighted by Crippen LogP contribution is 2.26. The van der Waals surface area contributed by atoms with Crippen molar-refractivity contribution in [2.45, 2.75) is 6.42 Å². The average Bonchev–Trinajstić information content (AvgIpc) is 2.71. The molecule has 1 atom stereocenters. The third-order valence-electron chi connectivity index (χ3n) is 2.80. The maximum Gasteiger partial charge on any atom is 0.311 e. The van der Waals surface area contributed by atoms with E-state index in [0.29, 0.717) is 6.54 Å². The van der Waals surface area contributed by atoms with E-state index in [0.717, 1.165) is 10.2 Å². The first-order chi connectivity index (χ1) is 8.11. The van der Waals surface area contributed by atoms with Crippen LogP contribution in [0.1, 0.15) is 6.42 Å². The van der Waals surface area contributed by atoms with E-state index in [9.17, 15) is 9.59 Å². The molecule has 1 fully saturated rings. The third-order valence-corrected chi connectivity index (χ3v) is 3.33. The van der Waals surface area contributed by atoms with Gasteiger partial charge < -0.3 is 9.64 Å². The van der Waals surface area contributed by atoms with Crippen LogP contribution in [0.15, 0.2) is 28.7 Å². The van der Waals surface area contributed by atoms with Crippen molar-refractivity contribution in [3.8, 4) is 0 Å². The van der Waals surface area contributed by atoms with Crippen LogP contribution < -0.4 is 4.90 Å². The number of nitrogens with zero attached hydrogens (tertiary/aromatic N) is 1. The van der Waals surface area contributed by atoms with Crippen molar-refractivity contribution >= 4 is 33.5 Å². The lowest BCUT2D eigenvalue weighted by Crippen LogP contribution is -2.26. The SMILES string of the molecule is COC(=O)C1CC(=O)N(c2ccc(Br)cc2)C1. The highest BCUT2D eigenvalue weighted by Gasteiger charge is 2.35. The first-order valence-electron chi connectivity index (χ1n) is 5.25. The summed E-state index contributed by atoms with van der Waals surface area (Å²) in [6.45, 7) is 0.396. The van der Waals surface area contributed by atoms with Crippen molar-refractivity contribution in [2.24, 2.45) is 5.92 Å². The fourth-order valence-electron chi connectivity index (χ4n) is 1.90. The number of amides is 1. The van der Waals surface area contributed by atoms with E-state index in [1.807, 2.05) is 24.3 Å². The Morgan fingerprint density at radius 3 is 2.65 bits per heavy atom. The topological polar surface area (TPSA) is 46.6 Å². The molecule has 90 valence electrons. The Hall–Kier alpha value is -1.36. The quantitative estimate of drug-likeness (QED) is 0.784. The maximum absolute atomic E-state index is 11.8. The van der Waals surface area contributed by atoms with E-state index in [4.69, 9.17) is 0 Å². The van der Waals surface area contributed by atoms with Crippen molar-refractivity contribution in [1.82, 2.24) is 0 Å². The lowest BCUT2D eigenvalue weighted by atomic mass is 10.1. The minimum atomic E-state index is -0.351. The van der Waals surface area contributed by atoms with Gasteiger partial charge in [-0.2, -0.15) is 0 Å². The summed E-state index contributed by atoms with van der Waals surface area (Å²) in [4.78, 5) is 24.8. The van der Waals surface area contributed by atoms with Crippen LogP contribution in [0.3, 0.4) is 0 Å². The molecule has 5 heteroatoms. The van der Waals surface area contributed by atoms with Crippen molar-refractivity contribution < 1.29 is 14.3 Å². The molecule has 1 aromatic rings. The van der Waals surface area contributed by atoms with E-state index >= 15 is 0 Å². The van der Waals surface area contributed by atoms with E-state index < -0.39 is 0 Å². The van der Waals surface area contributed by atoms with Gasteiger partial charge in [-0.05, 0) is 24.3 Å². The summed E-state index contributed by atoms with van der Waals surface area (Å²) in [7, 11) is 1.34. The van der Waals surface area contributed by atoms with Crippen LogP contribution in [0.2, 0.25) is 0 Å². The second-order valence-corrected chi connectivity index (χ2v) is 4.82. The maximum atomic E-state index is 11.8. The van der Waals surface area contributed by atoms with Crippen LogP contribution in [0.4, 0.5) is 5.69 Å². The Bertz CT molecular complexity index is 444. The van der Waals surface area contributed by atoms with Crippen LogP contribution in [0, 0.1) is 5.92 Å². The molecular weight excluding hydrogens is 286 g/mol. The van der Waals surface area contributed by atoms with Crippen LogP contribution in [0.5, 0.6) is 0 Å². The summed E-state index contributed by atoms with van der Waals surface area (Å²) >= 11 is 3.34. The lowest BCUT2D eigenvalue weighted by molar-refractivity contribution is -0.145. The van der Waals surface area contributed by atoms with Crippen LogP contribution >= 0.6 is 15.9 Å². The Morgan fingerprint density at radius 2 is 2.06 bits per heavy atom. The number of hydrogen-bond acceptors (Lipinski definition) is 3. The minimum Gasteiger partial charge on any atom is -0.469 e. The number of methoxy groups -OCH3 is 1. The van der Waals surface area contributed by atoms with Gasteiger partial charge in [0.2, 0.25) is 5.91 Å². The van der Waals surface area contributed by atoms with Crippen LogP contribution in [0.25, 0.3) is 0 Å². The van der Waals surface area contributed by atoms with Crippen LogP contribution in [-0.4, -0.2) is 25.5 Å². The normalized spacial score (nSPS) is 19.5. The molecule has 1 heterocycles. The number of anilines is 1. The molecule has 0 spiro atoms. The molecule has 4 nitrogen and oxygen atoms in total. The summed E-state index contributed by atoms with van der Waals surface area (Å²) < 4.78 is 5.62. The standard InChI is InChI=1S/C12H12BrNO3/c1-17-12(16)8-6-11(15)14(7-8)10-4-2-9(13)3-5-10/h2-5,8H,6-7H2,1H3. The number of ether oxygens (including phenoxy) is 1. The lowest BCUT2D eigenvalue weighted by Gasteiger charge is -2.16. The number of hydrogen-bond donors (Lipinski definition) is 0. The van der Waals surface area contributed by atoms with E-state index in [1.54, 1.807) is 4.90 Å². The molecule has 1 unspecified atom stereocenters. The summed E-state index contributed by atoms with van der Waals surface area (Å²) in [6.07, 6.45) is 0.225. The van der Waals surface area contributed by atoms with Gasteiger partial charge in [-0.25, -0.2) is 0 Å². The number of esters is 1. The molecule has 0 bridgehead atoms. The van der Waals surface area contributed by atoms with Crippen LogP contribution in [-0.2, 0) is 14.3 Å². The first-order valence-corrected chi connectivity index (χ1v) is 6.05. The predicted octanol–water partition coefficient (Wildman–Crippen LogP) is 1.97. The van der Waals surface area contributed by atoms with Gasteiger partial charge in [-0.3, -0.25) is 9.59 Å². The summed E-state index contributed by atoms with van der Waals surface area (Å²) in [5.74, 6) is -0.711. The molecule has 0 saturated carbocycles. The van der Waals surface area contributed by atoms with Gasteiger partial charge in [0.15, 0.2) is 0 Å². The molecule has 0 radical (unpaired) electrons. The van der Waals surface area contributed by atoms with E-state index in [2.05, 4.69) is 20.7 Å². The molecule has 1 amide bonds. The Morgan fingerprint density at radius 1 is 1.41 bits per heavy atom. The highest BCUT2D eigenvalue weighted by molar-refractivity contribution is 9.10. The number of rotatable bonds is 2. The second kappa shape index (κ2) is 4.87. The van der Waals surface area contributed by atoms with E-state index in [-0.39, 0.29) is 24.2 Å². The third kappa shape index (κ3) is 2.49. The van der Waals surface area contributed by atoms with Gasteiger partial charge in [0.05, 0.1) is 13.0 Å². The predicted molar refractivity (Wildman–Crippen MR) is 66.6 cm³/mol. The fourth-order valence-corrected chi connectivity index (χ4v) is 2.17. The molecule has 1 saturated heterocycles. The largest absolute Gasteiger partial charge is 0.469 e. The highest BCUT2D eigenvalue weighted by atomic mass is 79.9. The molecule has 1 aliphatic rings. The second-order valence-electron chi connectivity index (χ2n) is 3.90. The number of halogens is 1. The molecular formula is C12H12BrNO3. The van der Waals surface area contributed by atoms with Gasteiger partial charge >= 0.3 is 5.97 Å². The Labute approximate surface area is 108 Å². The van der Waals surface area contributed by atoms with Gasteiger partial charge in [0.1, 0.15) is 0 Å². The zero-order valence-electron chi connectivity index (χ0n) is 9.35. The number of benzene rings is 1. The fraction of sp³-hybridized carbons (Fsp3) is 0.333. The molecule has 0 N–H and O–H groups in total.